The monoisotopic (exact) mass is 432 g/mol. The molecule has 4 fully saturated rings. The van der Waals surface area contributed by atoms with Gasteiger partial charge in [0.05, 0.1) is 24.8 Å². The van der Waals surface area contributed by atoms with Crippen molar-refractivity contribution < 1.29 is 27.4 Å². The number of halogens is 1. The number of ether oxygens (including phenoxy) is 1. The third kappa shape index (κ3) is 4.62. The summed E-state index contributed by atoms with van der Waals surface area (Å²) in [6.45, 7) is 0.276. The van der Waals surface area contributed by atoms with Crippen molar-refractivity contribution in [3.8, 4) is 0 Å². The van der Waals surface area contributed by atoms with Crippen LogP contribution in [-0.4, -0.2) is 61.3 Å². The van der Waals surface area contributed by atoms with Crippen LogP contribution in [0.25, 0.3) is 0 Å². The predicted molar refractivity (Wildman–Crippen MR) is 105 cm³/mol. The first-order chi connectivity index (χ1) is 13.8. The average molecular weight is 433 g/mol. The number of hydrogen-bond acceptors (Lipinski definition) is 5. The molecule has 9 heteroatoms. The number of aliphatic hydroxyl groups excluding tert-OH is 1. The zero-order valence-electron chi connectivity index (χ0n) is 16.8. The summed E-state index contributed by atoms with van der Waals surface area (Å²) in [5, 5.41) is 10.5. The van der Waals surface area contributed by atoms with Gasteiger partial charge in [-0.1, -0.05) is 32.1 Å². The molecule has 0 aromatic heterocycles. The highest BCUT2D eigenvalue weighted by Gasteiger charge is 2.53. The molecule has 3 aliphatic carbocycles. The molecule has 29 heavy (non-hydrogen) atoms. The average Bonchev–Trinajstić information content (AvgIpc) is 2.95. The summed E-state index contributed by atoms with van der Waals surface area (Å²) >= 11 is 0. The van der Waals surface area contributed by atoms with E-state index >= 15 is 4.39 Å². The molecule has 1 aliphatic heterocycles. The summed E-state index contributed by atoms with van der Waals surface area (Å²) in [7, 11) is -4.08. The molecule has 0 radical (unpaired) electrons. The van der Waals surface area contributed by atoms with Gasteiger partial charge in [-0.25, -0.2) is 9.11 Å². The normalized spacial score (nSPS) is 41.1. The van der Waals surface area contributed by atoms with Crippen LogP contribution in [0, 0.1) is 17.8 Å². The Labute approximate surface area is 172 Å². The van der Waals surface area contributed by atoms with Gasteiger partial charge in [0.15, 0.2) is 0 Å². The first-order valence-corrected chi connectivity index (χ1v) is 12.6. The third-order valence-electron chi connectivity index (χ3n) is 7.46. The van der Waals surface area contributed by atoms with Gasteiger partial charge < -0.3 is 9.84 Å². The minimum absolute atomic E-state index is 0.0103. The molecular formula is C20H33FN2O5S. The minimum Gasteiger partial charge on any atom is -0.391 e. The molecule has 1 amide bonds. The zero-order valence-corrected chi connectivity index (χ0v) is 17.7. The van der Waals surface area contributed by atoms with E-state index in [9.17, 15) is 18.3 Å². The van der Waals surface area contributed by atoms with Gasteiger partial charge in [0.25, 0.3) is 0 Å². The number of alkyl halides is 1. The SMILES string of the molecule is O=C1CN(C2C(O)CC3CCC(OCCC4CCCCC4)CC3C2F)S(=O)(=O)N1. The van der Waals surface area contributed by atoms with Gasteiger partial charge in [0.1, 0.15) is 6.17 Å². The number of aliphatic hydroxyl groups is 1. The molecule has 6 atom stereocenters. The minimum atomic E-state index is -4.08. The van der Waals surface area contributed by atoms with Gasteiger partial charge in [-0.2, -0.15) is 12.7 Å². The van der Waals surface area contributed by atoms with E-state index in [0.717, 1.165) is 29.5 Å². The van der Waals surface area contributed by atoms with Gasteiger partial charge in [0, 0.05) is 6.61 Å². The van der Waals surface area contributed by atoms with Gasteiger partial charge in [-0.15, -0.1) is 0 Å². The lowest BCUT2D eigenvalue weighted by atomic mass is 9.66. The van der Waals surface area contributed by atoms with E-state index in [0.29, 0.717) is 19.4 Å². The first-order valence-electron chi connectivity index (χ1n) is 11.1. The summed E-state index contributed by atoms with van der Waals surface area (Å²) < 4.78 is 48.6. The number of carbonyl (C=O) groups is 1. The van der Waals surface area contributed by atoms with Crippen LogP contribution < -0.4 is 4.72 Å². The Morgan fingerprint density at radius 1 is 1.14 bits per heavy atom. The Morgan fingerprint density at radius 3 is 2.59 bits per heavy atom. The Kier molecular flexibility index (Phi) is 6.49. The van der Waals surface area contributed by atoms with E-state index in [4.69, 9.17) is 4.74 Å². The summed E-state index contributed by atoms with van der Waals surface area (Å²) in [5.74, 6) is -0.251. The fraction of sp³-hybridized carbons (Fsp3) is 0.950. The second-order valence-electron chi connectivity index (χ2n) is 9.34. The molecular weight excluding hydrogens is 399 g/mol. The van der Waals surface area contributed by atoms with E-state index in [1.807, 2.05) is 4.72 Å². The van der Waals surface area contributed by atoms with Crippen molar-refractivity contribution in [2.45, 2.75) is 88.6 Å². The summed E-state index contributed by atoms with van der Waals surface area (Å²) in [6.07, 6.45) is 7.52. The van der Waals surface area contributed by atoms with Gasteiger partial charge in [-0.3, -0.25) is 4.79 Å². The summed E-state index contributed by atoms with van der Waals surface area (Å²) in [6, 6.07) is -1.21. The molecule has 7 nitrogen and oxygen atoms in total. The Balaban J connectivity index is 1.35. The standard InChI is InChI=1S/C20H33FN2O5S/c21-19-16-11-15(28-9-8-13-4-2-1-3-5-13)7-6-14(16)10-17(24)20(19)23-12-18(25)22-29(23,26)27/h13-17,19-20,24H,1-12H2,(H,22,25). The van der Waals surface area contributed by atoms with Crippen molar-refractivity contribution in [3.05, 3.63) is 0 Å². The second kappa shape index (κ2) is 8.77. The number of carbonyl (C=O) groups excluding carboxylic acids is 1. The van der Waals surface area contributed by atoms with Crippen molar-refractivity contribution in [3.63, 3.8) is 0 Å². The number of nitrogens with zero attached hydrogens (tertiary/aromatic N) is 1. The van der Waals surface area contributed by atoms with Crippen LogP contribution in [0.4, 0.5) is 4.39 Å². The van der Waals surface area contributed by atoms with E-state index in [1.54, 1.807) is 0 Å². The molecule has 0 bridgehead atoms. The molecule has 0 spiro atoms. The quantitative estimate of drug-likeness (QED) is 0.692. The predicted octanol–water partition coefficient (Wildman–Crippen LogP) is 1.91. The number of amides is 1. The molecule has 166 valence electrons. The maximum atomic E-state index is 15.5. The highest BCUT2D eigenvalue weighted by atomic mass is 32.2. The molecule has 4 rings (SSSR count). The molecule has 6 unspecified atom stereocenters. The smallest absolute Gasteiger partial charge is 0.304 e. The van der Waals surface area contributed by atoms with Crippen LogP contribution in [0.3, 0.4) is 0 Å². The van der Waals surface area contributed by atoms with Crippen LogP contribution in [-0.2, 0) is 19.7 Å². The number of nitrogens with one attached hydrogen (secondary N) is 1. The number of fused-ring (bicyclic) bond motifs is 1. The lowest BCUT2D eigenvalue weighted by Crippen LogP contribution is -2.59. The number of hydrogen-bond donors (Lipinski definition) is 2. The molecule has 0 aromatic carbocycles. The van der Waals surface area contributed by atoms with Crippen LogP contribution in [0.5, 0.6) is 0 Å². The van der Waals surface area contributed by atoms with Crippen LogP contribution in [0.1, 0.15) is 64.2 Å². The van der Waals surface area contributed by atoms with Gasteiger partial charge in [-0.05, 0) is 49.9 Å². The Hall–Kier alpha value is -0.770. The highest BCUT2D eigenvalue weighted by molar-refractivity contribution is 7.88. The Bertz CT molecular complexity index is 699. The van der Waals surface area contributed by atoms with E-state index in [1.165, 1.54) is 32.1 Å². The number of rotatable bonds is 5. The van der Waals surface area contributed by atoms with Gasteiger partial charge >= 0.3 is 10.2 Å². The lowest BCUT2D eigenvalue weighted by molar-refractivity contribution is -0.120. The van der Waals surface area contributed by atoms with Crippen molar-refractivity contribution in [2.24, 2.45) is 17.8 Å². The fourth-order valence-corrected chi connectivity index (χ4v) is 7.27. The fourth-order valence-electron chi connectivity index (χ4n) is 5.93. The van der Waals surface area contributed by atoms with Crippen LogP contribution in [0.15, 0.2) is 0 Å². The largest absolute Gasteiger partial charge is 0.391 e. The topological polar surface area (TPSA) is 95.9 Å². The maximum Gasteiger partial charge on any atom is 0.304 e. The van der Waals surface area contributed by atoms with Crippen molar-refractivity contribution in [1.82, 2.24) is 9.03 Å². The van der Waals surface area contributed by atoms with Crippen molar-refractivity contribution >= 4 is 16.1 Å². The molecule has 3 saturated carbocycles. The molecule has 1 heterocycles. The van der Waals surface area contributed by atoms with Crippen molar-refractivity contribution in [1.29, 1.82) is 0 Å². The maximum absolute atomic E-state index is 15.5. The first kappa shape index (κ1) is 21.5. The van der Waals surface area contributed by atoms with Crippen LogP contribution >= 0.6 is 0 Å². The Morgan fingerprint density at radius 2 is 1.90 bits per heavy atom. The lowest BCUT2D eigenvalue weighted by Gasteiger charge is -2.47. The molecule has 0 aromatic rings. The van der Waals surface area contributed by atoms with Crippen LogP contribution in [0.2, 0.25) is 0 Å². The highest BCUT2D eigenvalue weighted by Crippen LogP contribution is 2.45. The molecule has 2 N–H and O–H groups in total. The van der Waals surface area contributed by atoms with E-state index < -0.39 is 41.0 Å². The molecule has 4 aliphatic rings. The van der Waals surface area contributed by atoms with E-state index in [2.05, 4.69) is 0 Å². The molecule has 1 saturated heterocycles. The second-order valence-corrected chi connectivity index (χ2v) is 11.0. The van der Waals surface area contributed by atoms with Gasteiger partial charge in [0.2, 0.25) is 5.91 Å². The zero-order chi connectivity index (χ0) is 20.6. The summed E-state index contributed by atoms with van der Waals surface area (Å²) in [4.78, 5) is 11.6. The summed E-state index contributed by atoms with van der Waals surface area (Å²) in [5.41, 5.74) is 0. The van der Waals surface area contributed by atoms with E-state index in [-0.39, 0.29) is 17.9 Å². The van der Waals surface area contributed by atoms with Crippen molar-refractivity contribution in [2.75, 3.05) is 13.2 Å². The third-order valence-corrected chi connectivity index (χ3v) is 8.94.